The van der Waals surface area contributed by atoms with E-state index in [4.69, 9.17) is 16.7 Å². The Balaban J connectivity index is 2.75. The lowest BCUT2D eigenvalue weighted by Gasteiger charge is -2.23. The first-order valence-corrected chi connectivity index (χ1v) is 5.06. The number of hydrogen-bond acceptors (Lipinski definition) is 2. The Labute approximate surface area is 94.3 Å². The third-order valence-electron chi connectivity index (χ3n) is 2.38. The molecule has 0 spiro atoms. The minimum atomic E-state index is -0.827. The van der Waals surface area contributed by atoms with Gasteiger partial charge in [0.2, 0.25) is 0 Å². The monoisotopic (exact) mass is 227 g/mol. The summed E-state index contributed by atoms with van der Waals surface area (Å²) in [5.41, 5.74) is 1.02. The third kappa shape index (κ3) is 3.53. The molecule has 0 heterocycles. The van der Waals surface area contributed by atoms with Gasteiger partial charge in [-0.1, -0.05) is 23.7 Å². The molecule has 0 radical (unpaired) electrons. The van der Waals surface area contributed by atoms with Crippen LogP contribution in [-0.4, -0.2) is 29.6 Å². The lowest BCUT2D eigenvalue weighted by Crippen LogP contribution is -2.28. The fraction of sp³-hybridized carbons (Fsp3) is 0.364. The molecule has 0 aromatic heterocycles. The van der Waals surface area contributed by atoms with E-state index in [0.29, 0.717) is 5.02 Å². The van der Waals surface area contributed by atoms with Crippen molar-refractivity contribution in [2.75, 3.05) is 13.6 Å². The van der Waals surface area contributed by atoms with Crippen molar-refractivity contribution < 1.29 is 9.90 Å². The zero-order chi connectivity index (χ0) is 11.4. The molecule has 0 fully saturated rings. The standard InChI is InChI=1S/C11H14ClNO2/c1-8(13(2)7-11(14)15)9-4-3-5-10(12)6-9/h3-6,8H,7H2,1-2H3,(H,14,15). The number of carboxylic acid groups (broad SMARTS) is 1. The summed E-state index contributed by atoms with van der Waals surface area (Å²) < 4.78 is 0. The molecule has 0 amide bonds. The molecular weight excluding hydrogens is 214 g/mol. The Hall–Kier alpha value is -1.06. The second kappa shape index (κ2) is 5.14. The van der Waals surface area contributed by atoms with Gasteiger partial charge in [-0.05, 0) is 31.7 Å². The molecule has 0 aliphatic carbocycles. The average molecular weight is 228 g/mol. The van der Waals surface area contributed by atoms with Crippen LogP contribution in [0.1, 0.15) is 18.5 Å². The summed E-state index contributed by atoms with van der Waals surface area (Å²) in [6.07, 6.45) is 0. The molecule has 1 atom stereocenters. The fourth-order valence-electron chi connectivity index (χ4n) is 1.37. The number of carbonyl (C=O) groups is 1. The first-order chi connectivity index (χ1) is 7.00. The van der Waals surface area contributed by atoms with Crippen molar-refractivity contribution in [1.82, 2.24) is 4.90 Å². The van der Waals surface area contributed by atoms with Crippen LogP contribution in [0.3, 0.4) is 0 Å². The van der Waals surface area contributed by atoms with E-state index in [0.717, 1.165) is 5.56 Å². The highest BCUT2D eigenvalue weighted by molar-refractivity contribution is 6.30. The van der Waals surface area contributed by atoms with Crippen molar-refractivity contribution in [2.24, 2.45) is 0 Å². The van der Waals surface area contributed by atoms with E-state index in [9.17, 15) is 4.79 Å². The predicted molar refractivity (Wildman–Crippen MR) is 60.1 cm³/mol. The van der Waals surface area contributed by atoms with Gasteiger partial charge in [-0.2, -0.15) is 0 Å². The molecule has 0 saturated heterocycles. The molecule has 4 heteroatoms. The van der Waals surface area contributed by atoms with E-state index in [1.54, 1.807) is 18.0 Å². The van der Waals surface area contributed by atoms with E-state index in [1.807, 2.05) is 25.1 Å². The molecule has 1 rings (SSSR count). The summed E-state index contributed by atoms with van der Waals surface area (Å²) in [4.78, 5) is 12.3. The van der Waals surface area contributed by atoms with Gasteiger partial charge in [-0.25, -0.2) is 0 Å². The molecular formula is C11H14ClNO2. The number of rotatable bonds is 4. The molecule has 0 aliphatic heterocycles. The fourth-order valence-corrected chi connectivity index (χ4v) is 1.57. The SMILES string of the molecule is CC(c1cccc(Cl)c1)N(C)CC(=O)O. The summed E-state index contributed by atoms with van der Waals surface area (Å²) in [5, 5.41) is 9.34. The van der Waals surface area contributed by atoms with E-state index in [1.165, 1.54) is 0 Å². The second-order valence-corrected chi connectivity index (χ2v) is 3.98. The minimum Gasteiger partial charge on any atom is -0.480 e. The number of hydrogen-bond donors (Lipinski definition) is 1. The topological polar surface area (TPSA) is 40.5 Å². The number of likely N-dealkylation sites (N-methyl/N-ethyl adjacent to an activating group) is 1. The van der Waals surface area contributed by atoms with Gasteiger partial charge in [-0.15, -0.1) is 0 Å². The van der Waals surface area contributed by atoms with Crippen LogP contribution < -0.4 is 0 Å². The maximum atomic E-state index is 10.5. The summed E-state index contributed by atoms with van der Waals surface area (Å²) in [5.74, 6) is -0.827. The number of aliphatic carboxylic acids is 1. The number of benzene rings is 1. The van der Waals surface area contributed by atoms with Gasteiger partial charge in [-0.3, -0.25) is 9.69 Å². The van der Waals surface area contributed by atoms with Gasteiger partial charge in [0.15, 0.2) is 0 Å². The van der Waals surface area contributed by atoms with Crippen molar-refractivity contribution in [3.05, 3.63) is 34.9 Å². The molecule has 15 heavy (non-hydrogen) atoms. The molecule has 82 valence electrons. The van der Waals surface area contributed by atoms with E-state index < -0.39 is 5.97 Å². The quantitative estimate of drug-likeness (QED) is 0.859. The number of carboxylic acids is 1. The number of halogens is 1. The van der Waals surface area contributed by atoms with Gasteiger partial charge in [0, 0.05) is 11.1 Å². The predicted octanol–water partition coefficient (Wildman–Crippen LogP) is 2.42. The lowest BCUT2D eigenvalue weighted by molar-refractivity contribution is -0.138. The molecule has 1 aromatic rings. The zero-order valence-corrected chi connectivity index (χ0v) is 9.53. The van der Waals surface area contributed by atoms with Crippen LogP contribution in [0.25, 0.3) is 0 Å². The highest BCUT2D eigenvalue weighted by Crippen LogP contribution is 2.21. The summed E-state index contributed by atoms with van der Waals surface area (Å²) in [6.45, 7) is 1.97. The van der Waals surface area contributed by atoms with Crippen molar-refractivity contribution >= 4 is 17.6 Å². The molecule has 1 aromatic carbocycles. The Morgan fingerprint density at radius 3 is 2.80 bits per heavy atom. The van der Waals surface area contributed by atoms with Crippen molar-refractivity contribution in [3.63, 3.8) is 0 Å². The normalized spacial score (nSPS) is 12.8. The van der Waals surface area contributed by atoms with E-state index in [2.05, 4.69) is 0 Å². The Morgan fingerprint density at radius 2 is 2.27 bits per heavy atom. The maximum absolute atomic E-state index is 10.5. The summed E-state index contributed by atoms with van der Waals surface area (Å²) in [7, 11) is 1.78. The first kappa shape index (κ1) is 12.0. The van der Waals surface area contributed by atoms with Crippen LogP contribution in [0.5, 0.6) is 0 Å². The van der Waals surface area contributed by atoms with Gasteiger partial charge < -0.3 is 5.11 Å². The third-order valence-corrected chi connectivity index (χ3v) is 2.61. The van der Waals surface area contributed by atoms with Crippen LogP contribution in [0.15, 0.2) is 24.3 Å². The van der Waals surface area contributed by atoms with E-state index in [-0.39, 0.29) is 12.6 Å². The first-order valence-electron chi connectivity index (χ1n) is 4.68. The van der Waals surface area contributed by atoms with Crippen LogP contribution in [0, 0.1) is 0 Å². The van der Waals surface area contributed by atoms with Crippen molar-refractivity contribution in [1.29, 1.82) is 0 Å². The number of nitrogens with zero attached hydrogens (tertiary/aromatic N) is 1. The molecule has 0 bridgehead atoms. The van der Waals surface area contributed by atoms with Gasteiger partial charge in [0.1, 0.15) is 0 Å². The molecule has 1 unspecified atom stereocenters. The van der Waals surface area contributed by atoms with Gasteiger partial charge in [0.05, 0.1) is 6.54 Å². The lowest BCUT2D eigenvalue weighted by atomic mass is 10.1. The molecule has 0 saturated carbocycles. The molecule has 3 nitrogen and oxygen atoms in total. The second-order valence-electron chi connectivity index (χ2n) is 3.54. The molecule has 0 aliphatic rings. The van der Waals surface area contributed by atoms with Crippen LogP contribution in [-0.2, 0) is 4.79 Å². The Kier molecular flexibility index (Phi) is 4.12. The Bertz CT molecular complexity index is 354. The van der Waals surface area contributed by atoms with Gasteiger partial charge in [0.25, 0.3) is 0 Å². The zero-order valence-electron chi connectivity index (χ0n) is 8.77. The summed E-state index contributed by atoms with van der Waals surface area (Å²) in [6, 6.07) is 7.50. The van der Waals surface area contributed by atoms with Crippen LogP contribution in [0.2, 0.25) is 5.02 Å². The summed E-state index contributed by atoms with van der Waals surface area (Å²) >= 11 is 5.86. The smallest absolute Gasteiger partial charge is 0.317 e. The highest BCUT2D eigenvalue weighted by Gasteiger charge is 2.14. The van der Waals surface area contributed by atoms with Gasteiger partial charge >= 0.3 is 5.97 Å². The minimum absolute atomic E-state index is 0.0215. The largest absolute Gasteiger partial charge is 0.480 e. The highest BCUT2D eigenvalue weighted by atomic mass is 35.5. The van der Waals surface area contributed by atoms with Crippen LogP contribution >= 0.6 is 11.6 Å². The van der Waals surface area contributed by atoms with Crippen LogP contribution in [0.4, 0.5) is 0 Å². The average Bonchev–Trinajstić information content (AvgIpc) is 2.15. The van der Waals surface area contributed by atoms with Crippen molar-refractivity contribution in [3.8, 4) is 0 Å². The van der Waals surface area contributed by atoms with E-state index >= 15 is 0 Å². The van der Waals surface area contributed by atoms with Crippen molar-refractivity contribution in [2.45, 2.75) is 13.0 Å². The molecule has 1 N–H and O–H groups in total. The maximum Gasteiger partial charge on any atom is 0.317 e. The Morgan fingerprint density at radius 1 is 1.60 bits per heavy atom.